The van der Waals surface area contributed by atoms with Crippen LogP contribution in [0.3, 0.4) is 0 Å². The summed E-state index contributed by atoms with van der Waals surface area (Å²) in [7, 11) is -0.921. The van der Waals surface area contributed by atoms with Gasteiger partial charge in [0.15, 0.2) is 0 Å². The quantitative estimate of drug-likeness (QED) is 0.451. The lowest BCUT2D eigenvalue weighted by atomic mass is 10.2. The molecule has 0 radical (unpaired) electrons. The average molecular weight is 182 g/mol. The first-order valence-electron chi connectivity index (χ1n) is 4.61. The molecular weight excluding hydrogens is 160 g/mol. The van der Waals surface area contributed by atoms with Gasteiger partial charge in [0.25, 0.3) is 0 Å². The molecule has 0 aliphatic heterocycles. The molecule has 0 aliphatic carbocycles. The van der Waals surface area contributed by atoms with Crippen molar-refractivity contribution in [3.8, 4) is 0 Å². The molecule has 0 heterocycles. The van der Waals surface area contributed by atoms with Crippen molar-refractivity contribution in [2.75, 3.05) is 0 Å². The Bertz CT molecular complexity index is 178. The van der Waals surface area contributed by atoms with E-state index in [-0.39, 0.29) is 0 Å². The molecule has 0 rings (SSSR count). The van der Waals surface area contributed by atoms with Crippen LogP contribution >= 0.6 is 0 Å². The summed E-state index contributed by atoms with van der Waals surface area (Å²) in [6, 6.07) is 1.26. The van der Waals surface area contributed by atoms with Gasteiger partial charge in [0.2, 0.25) is 0 Å². The van der Waals surface area contributed by atoms with Crippen LogP contribution in [-0.2, 0) is 0 Å². The van der Waals surface area contributed by atoms with E-state index in [4.69, 9.17) is 0 Å². The fourth-order valence-electron chi connectivity index (χ4n) is 1.17. The maximum atomic E-state index is 4.10. The molecule has 0 atom stereocenters. The molecule has 1 heteroatoms. The lowest BCUT2D eigenvalue weighted by molar-refractivity contribution is 1.16. The monoisotopic (exact) mass is 182 g/mol. The smallest absolute Gasteiger partial charge is 0.0483 e. The molecule has 12 heavy (non-hydrogen) atoms. The molecule has 0 unspecified atom stereocenters. The molecular formula is C11H22Si. The molecule has 0 aromatic rings. The fourth-order valence-corrected chi connectivity index (χ4v) is 2.81. The Balaban J connectivity index is 3.84. The van der Waals surface area contributed by atoms with Crippen molar-refractivity contribution in [1.29, 1.82) is 0 Å². The summed E-state index contributed by atoms with van der Waals surface area (Å²) in [5, 5.41) is 0. The van der Waals surface area contributed by atoms with Gasteiger partial charge in [-0.25, -0.2) is 0 Å². The molecule has 0 saturated carbocycles. The highest BCUT2D eigenvalue weighted by Gasteiger charge is 2.13. The van der Waals surface area contributed by atoms with E-state index >= 15 is 0 Å². The van der Waals surface area contributed by atoms with E-state index in [9.17, 15) is 0 Å². The van der Waals surface area contributed by atoms with Gasteiger partial charge in [-0.2, -0.15) is 0 Å². The topological polar surface area (TPSA) is 0 Å². The minimum absolute atomic E-state index is 0.921. The van der Waals surface area contributed by atoms with Crippen LogP contribution in [0.4, 0.5) is 0 Å². The van der Waals surface area contributed by atoms with Gasteiger partial charge < -0.3 is 0 Å². The van der Waals surface area contributed by atoms with Crippen LogP contribution in [0.2, 0.25) is 25.7 Å². The van der Waals surface area contributed by atoms with Crippen LogP contribution in [0.15, 0.2) is 23.8 Å². The maximum Gasteiger partial charge on any atom is 0.0483 e. The standard InChI is InChI=1S/C11H22Si/c1-10(2)7-8-11(3)9-12(4,5)6/h7H,3,8-9H2,1-2,4-6H3. The summed E-state index contributed by atoms with van der Waals surface area (Å²) in [6.07, 6.45) is 3.34. The molecule has 0 nitrogen and oxygen atoms in total. The van der Waals surface area contributed by atoms with Crippen LogP contribution in [0.1, 0.15) is 20.3 Å². The zero-order valence-electron chi connectivity index (χ0n) is 9.20. The Hall–Kier alpha value is -0.303. The van der Waals surface area contributed by atoms with E-state index in [2.05, 4.69) is 46.1 Å². The van der Waals surface area contributed by atoms with Gasteiger partial charge in [-0.05, 0) is 26.3 Å². The summed E-state index contributed by atoms with van der Waals surface area (Å²) < 4.78 is 0. The number of allylic oxidation sites excluding steroid dienone is 3. The molecule has 0 bridgehead atoms. The van der Waals surface area contributed by atoms with E-state index in [0.717, 1.165) is 6.42 Å². The van der Waals surface area contributed by atoms with E-state index in [1.807, 2.05) is 0 Å². The molecule has 0 fully saturated rings. The second-order valence-corrected chi connectivity index (χ2v) is 10.4. The van der Waals surface area contributed by atoms with Crippen LogP contribution < -0.4 is 0 Å². The summed E-state index contributed by atoms with van der Waals surface area (Å²) in [5.41, 5.74) is 2.79. The molecule has 0 aromatic heterocycles. The van der Waals surface area contributed by atoms with Crippen molar-refractivity contribution in [3.63, 3.8) is 0 Å². The third-order valence-corrected chi connectivity index (χ3v) is 3.14. The first-order chi connectivity index (χ1) is 5.31. The Kier molecular flexibility index (Phi) is 4.54. The molecule has 0 saturated heterocycles. The third-order valence-electron chi connectivity index (χ3n) is 1.58. The lowest BCUT2D eigenvalue weighted by Crippen LogP contribution is -2.19. The normalized spacial score (nSPS) is 11.1. The van der Waals surface area contributed by atoms with E-state index < -0.39 is 8.07 Å². The Morgan fingerprint density at radius 2 is 1.75 bits per heavy atom. The van der Waals surface area contributed by atoms with Gasteiger partial charge in [-0.1, -0.05) is 43.4 Å². The zero-order valence-corrected chi connectivity index (χ0v) is 10.2. The lowest BCUT2D eigenvalue weighted by Gasteiger charge is -2.16. The Morgan fingerprint density at radius 3 is 2.08 bits per heavy atom. The van der Waals surface area contributed by atoms with Crippen LogP contribution in [-0.4, -0.2) is 8.07 Å². The van der Waals surface area contributed by atoms with E-state index in [0.29, 0.717) is 0 Å². The first kappa shape index (κ1) is 11.7. The first-order valence-corrected chi connectivity index (χ1v) is 8.32. The summed E-state index contributed by atoms with van der Waals surface area (Å²) in [5.74, 6) is 0. The van der Waals surface area contributed by atoms with Crippen LogP contribution in [0.25, 0.3) is 0 Å². The van der Waals surface area contributed by atoms with Crippen molar-refractivity contribution >= 4 is 8.07 Å². The number of hydrogen-bond donors (Lipinski definition) is 0. The molecule has 0 spiro atoms. The summed E-state index contributed by atoms with van der Waals surface area (Å²) in [4.78, 5) is 0. The minimum Gasteiger partial charge on any atom is -0.0998 e. The average Bonchev–Trinajstić information content (AvgIpc) is 1.79. The minimum atomic E-state index is -0.921. The fraction of sp³-hybridized carbons (Fsp3) is 0.636. The molecule has 70 valence electrons. The van der Waals surface area contributed by atoms with Crippen LogP contribution in [0.5, 0.6) is 0 Å². The predicted octanol–water partition coefficient (Wildman–Crippen LogP) is 4.24. The zero-order chi connectivity index (χ0) is 9.78. The SMILES string of the molecule is C=C(CC=C(C)C)C[Si](C)(C)C. The maximum absolute atomic E-state index is 4.10. The van der Waals surface area contributed by atoms with E-state index in [1.54, 1.807) is 0 Å². The number of rotatable bonds is 4. The highest BCUT2D eigenvalue weighted by molar-refractivity contribution is 6.76. The highest BCUT2D eigenvalue weighted by atomic mass is 28.3. The highest BCUT2D eigenvalue weighted by Crippen LogP contribution is 2.17. The van der Waals surface area contributed by atoms with Crippen molar-refractivity contribution in [2.45, 2.75) is 46.0 Å². The Morgan fingerprint density at radius 1 is 1.25 bits per heavy atom. The van der Waals surface area contributed by atoms with Gasteiger partial charge >= 0.3 is 0 Å². The summed E-state index contributed by atoms with van der Waals surface area (Å²) in [6.45, 7) is 15.6. The van der Waals surface area contributed by atoms with Crippen molar-refractivity contribution in [3.05, 3.63) is 23.8 Å². The van der Waals surface area contributed by atoms with E-state index in [1.165, 1.54) is 17.2 Å². The number of hydrogen-bond acceptors (Lipinski definition) is 0. The predicted molar refractivity (Wildman–Crippen MR) is 61.3 cm³/mol. The van der Waals surface area contributed by atoms with Crippen LogP contribution in [0, 0.1) is 0 Å². The van der Waals surface area contributed by atoms with Gasteiger partial charge in [-0.15, -0.1) is 0 Å². The van der Waals surface area contributed by atoms with Gasteiger partial charge in [0.05, 0.1) is 0 Å². The largest absolute Gasteiger partial charge is 0.0998 e. The molecule has 0 N–H and O–H groups in total. The second kappa shape index (κ2) is 4.66. The summed E-state index contributed by atoms with van der Waals surface area (Å²) >= 11 is 0. The van der Waals surface area contributed by atoms with Gasteiger partial charge in [0, 0.05) is 8.07 Å². The molecule has 0 aromatic carbocycles. The second-order valence-electron chi connectivity index (χ2n) is 4.97. The third kappa shape index (κ3) is 7.80. The van der Waals surface area contributed by atoms with Crippen molar-refractivity contribution in [2.24, 2.45) is 0 Å². The molecule has 0 aliphatic rings. The van der Waals surface area contributed by atoms with Gasteiger partial charge in [0.1, 0.15) is 0 Å². The van der Waals surface area contributed by atoms with Crippen molar-refractivity contribution in [1.82, 2.24) is 0 Å². The molecule has 0 amide bonds. The van der Waals surface area contributed by atoms with Crippen molar-refractivity contribution < 1.29 is 0 Å². The van der Waals surface area contributed by atoms with Gasteiger partial charge in [-0.3, -0.25) is 0 Å². The Labute approximate surface area is 78.4 Å².